The standard InChI is InChI=1S/C18H21N5O2S.2ClH/c1-24-15-5-3-2-4-12(15)8-9-21-17(20)23-18-22-14(11-26-18)16-7-6-13(10-19)25-16;;/h2-7,11H,8-10,19H2,1H3,(H3,20,21,22,23);2*1H. The van der Waals surface area contributed by atoms with Crippen molar-refractivity contribution < 1.29 is 9.15 Å². The summed E-state index contributed by atoms with van der Waals surface area (Å²) >= 11 is 1.43. The van der Waals surface area contributed by atoms with Gasteiger partial charge in [-0.25, -0.2) is 4.98 Å². The van der Waals surface area contributed by atoms with Crippen LogP contribution in [0.15, 0.2) is 51.2 Å². The molecule has 0 atom stereocenters. The molecule has 0 bridgehead atoms. The zero-order chi connectivity index (χ0) is 18.4. The van der Waals surface area contributed by atoms with Crippen molar-refractivity contribution in [2.45, 2.75) is 13.0 Å². The maximum atomic E-state index is 5.95. The van der Waals surface area contributed by atoms with Crippen LogP contribution in [-0.2, 0) is 13.0 Å². The number of aliphatic imine (C=N–C) groups is 1. The zero-order valence-corrected chi connectivity index (χ0v) is 17.7. The molecule has 0 radical (unpaired) electrons. The number of hydrogen-bond acceptors (Lipinski definition) is 6. The van der Waals surface area contributed by atoms with Gasteiger partial charge in [0, 0.05) is 11.9 Å². The van der Waals surface area contributed by atoms with Crippen LogP contribution in [0.4, 0.5) is 5.13 Å². The number of methoxy groups -OCH3 is 1. The Kier molecular flexibility index (Phi) is 9.81. The van der Waals surface area contributed by atoms with Gasteiger partial charge in [-0.1, -0.05) is 18.2 Å². The summed E-state index contributed by atoms with van der Waals surface area (Å²) in [6.07, 6.45) is 0.740. The number of thiazole rings is 1. The van der Waals surface area contributed by atoms with Gasteiger partial charge in [-0.15, -0.1) is 36.2 Å². The maximum absolute atomic E-state index is 5.95. The number of ether oxygens (including phenoxy) is 1. The van der Waals surface area contributed by atoms with Crippen LogP contribution in [0.3, 0.4) is 0 Å². The van der Waals surface area contributed by atoms with E-state index in [1.807, 2.05) is 41.8 Å². The third-order valence-electron chi connectivity index (χ3n) is 3.71. The first-order chi connectivity index (χ1) is 12.7. The number of halogens is 2. The lowest BCUT2D eigenvalue weighted by Gasteiger charge is -2.06. The number of hydrogen-bond donors (Lipinski definition) is 3. The molecule has 0 unspecified atom stereocenters. The zero-order valence-electron chi connectivity index (χ0n) is 15.3. The Morgan fingerprint density at radius 2 is 2.04 bits per heavy atom. The van der Waals surface area contributed by atoms with Gasteiger partial charge in [0.1, 0.15) is 17.2 Å². The second-order valence-electron chi connectivity index (χ2n) is 5.46. The Morgan fingerprint density at radius 1 is 1.25 bits per heavy atom. The molecule has 3 aromatic rings. The van der Waals surface area contributed by atoms with E-state index in [4.69, 9.17) is 20.6 Å². The molecule has 7 nitrogen and oxygen atoms in total. The highest BCUT2D eigenvalue weighted by atomic mass is 35.5. The number of guanidine groups is 1. The topological polar surface area (TPSA) is 112 Å². The Bertz CT molecular complexity index is 897. The van der Waals surface area contributed by atoms with Gasteiger partial charge in [0.2, 0.25) is 0 Å². The molecule has 152 valence electrons. The average molecular weight is 444 g/mol. The fraction of sp³-hybridized carbons (Fsp3) is 0.222. The molecule has 0 aliphatic heterocycles. The van der Waals surface area contributed by atoms with E-state index >= 15 is 0 Å². The molecule has 0 spiro atoms. The van der Waals surface area contributed by atoms with E-state index in [1.165, 1.54) is 11.3 Å². The summed E-state index contributed by atoms with van der Waals surface area (Å²) in [4.78, 5) is 8.80. The lowest BCUT2D eigenvalue weighted by atomic mass is 10.1. The highest BCUT2D eigenvalue weighted by Crippen LogP contribution is 2.26. The van der Waals surface area contributed by atoms with E-state index in [1.54, 1.807) is 7.11 Å². The van der Waals surface area contributed by atoms with E-state index in [2.05, 4.69) is 15.3 Å². The van der Waals surface area contributed by atoms with E-state index in [0.717, 1.165) is 29.2 Å². The molecule has 0 fully saturated rings. The highest BCUT2D eigenvalue weighted by Gasteiger charge is 2.09. The van der Waals surface area contributed by atoms with E-state index < -0.39 is 0 Å². The minimum absolute atomic E-state index is 0. The van der Waals surface area contributed by atoms with Gasteiger partial charge in [-0.3, -0.25) is 4.99 Å². The largest absolute Gasteiger partial charge is 0.496 e. The molecular weight excluding hydrogens is 421 g/mol. The molecule has 0 saturated carbocycles. The number of benzene rings is 1. The number of furan rings is 1. The molecule has 0 amide bonds. The van der Waals surface area contributed by atoms with Crippen LogP contribution in [0, 0.1) is 0 Å². The minimum Gasteiger partial charge on any atom is -0.496 e. The first kappa shape index (κ1) is 23.8. The molecule has 5 N–H and O–H groups in total. The highest BCUT2D eigenvalue weighted by molar-refractivity contribution is 7.14. The predicted molar refractivity (Wildman–Crippen MR) is 119 cm³/mol. The number of aromatic nitrogens is 1. The number of nitrogens with zero attached hydrogens (tertiary/aromatic N) is 2. The summed E-state index contributed by atoms with van der Waals surface area (Å²) in [5, 5.41) is 5.55. The molecule has 28 heavy (non-hydrogen) atoms. The summed E-state index contributed by atoms with van der Waals surface area (Å²) in [6.45, 7) is 0.913. The summed E-state index contributed by atoms with van der Waals surface area (Å²) in [5.74, 6) is 2.58. The molecule has 0 aliphatic carbocycles. The van der Waals surface area contributed by atoms with Crippen molar-refractivity contribution in [3.8, 4) is 17.2 Å². The fourth-order valence-electron chi connectivity index (χ4n) is 2.42. The number of rotatable bonds is 7. The second-order valence-corrected chi connectivity index (χ2v) is 6.32. The third-order valence-corrected chi connectivity index (χ3v) is 4.47. The molecule has 10 heteroatoms. The van der Waals surface area contributed by atoms with Crippen LogP contribution in [-0.4, -0.2) is 24.6 Å². The SMILES string of the molecule is COc1ccccc1CCN=C(N)Nc1nc(-c2ccc(CN)o2)cs1.Cl.Cl. The molecule has 3 rings (SSSR count). The van der Waals surface area contributed by atoms with Crippen molar-refractivity contribution in [3.05, 3.63) is 53.1 Å². The molecule has 0 saturated heterocycles. The van der Waals surface area contributed by atoms with Crippen molar-refractivity contribution in [2.24, 2.45) is 16.5 Å². The predicted octanol–water partition coefficient (Wildman–Crippen LogP) is 3.68. The number of para-hydroxylation sites is 1. The Balaban J connectivity index is 0.00000196. The number of nitrogens with one attached hydrogen (secondary N) is 1. The summed E-state index contributed by atoms with van der Waals surface area (Å²) in [7, 11) is 1.66. The summed E-state index contributed by atoms with van der Waals surface area (Å²) in [6, 6.07) is 11.6. The Morgan fingerprint density at radius 3 is 2.75 bits per heavy atom. The van der Waals surface area contributed by atoms with E-state index in [0.29, 0.717) is 29.9 Å². The number of anilines is 1. The van der Waals surface area contributed by atoms with Gasteiger partial charge in [-0.05, 0) is 30.2 Å². The quantitative estimate of drug-likeness (QED) is 0.379. The van der Waals surface area contributed by atoms with Crippen LogP contribution < -0.4 is 21.5 Å². The van der Waals surface area contributed by atoms with Gasteiger partial charge in [0.05, 0.1) is 13.7 Å². The van der Waals surface area contributed by atoms with Crippen molar-refractivity contribution in [1.82, 2.24) is 4.98 Å². The monoisotopic (exact) mass is 443 g/mol. The van der Waals surface area contributed by atoms with Crippen LogP contribution in [0.1, 0.15) is 11.3 Å². The number of nitrogens with two attached hydrogens (primary N) is 2. The maximum Gasteiger partial charge on any atom is 0.194 e. The molecule has 2 heterocycles. The van der Waals surface area contributed by atoms with Gasteiger partial charge in [0.15, 0.2) is 16.9 Å². The van der Waals surface area contributed by atoms with Gasteiger partial charge in [-0.2, -0.15) is 0 Å². The van der Waals surface area contributed by atoms with Crippen molar-refractivity contribution in [3.63, 3.8) is 0 Å². The van der Waals surface area contributed by atoms with Crippen LogP contribution in [0.25, 0.3) is 11.5 Å². The van der Waals surface area contributed by atoms with Crippen molar-refractivity contribution in [2.75, 3.05) is 19.0 Å². The van der Waals surface area contributed by atoms with Gasteiger partial charge >= 0.3 is 0 Å². The van der Waals surface area contributed by atoms with Crippen LogP contribution in [0.5, 0.6) is 5.75 Å². The van der Waals surface area contributed by atoms with E-state index in [-0.39, 0.29) is 24.8 Å². The smallest absolute Gasteiger partial charge is 0.194 e. The molecule has 2 aromatic heterocycles. The molecular formula is C18H23Cl2N5O2S. The normalized spacial score (nSPS) is 10.7. The van der Waals surface area contributed by atoms with Crippen molar-refractivity contribution >= 4 is 47.2 Å². The van der Waals surface area contributed by atoms with Gasteiger partial charge < -0.3 is 25.9 Å². The Labute approximate surface area is 180 Å². The average Bonchev–Trinajstić information content (AvgIpc) is 3.31. The van der Waals surface area contributed by atoms with Crippen molar-refractivity contribution in [1.29, 1.82) is 0 Å². The first-order valence-corrected chi connectivity index (χ1v) is 9.01. The third kappa shape index (κ3) is 6.13. The Hall–Kier alpha value is -2.26. The van der Waals surface area contributed by atoms with E-state index in [9.17, 15) is 0 Å². The van der Waals surface area contributed by atoms with Crippen LogP contribution >= 0.6 is 36.2 Å². The van der Waals surface area contributed by atoms with Crippen LogP contribution in [0.2, 0.25) is 0 Å². The lowest BCUT2D eigenvalue weighted by Crippen LogP contribution is -2.23. The lowest BCUT2D eigenvalue weighted by molar-refractivity contribution is 0.410. The minimum atomic E-state index is 0. The fourth-order valence-corrected chi connectivity index (χ4v) is 3.13. The summed E-state index contributed by atoms with van der Waals surface area (Å²) in [5.41, 5.74) is 13.3. The van der Waals surface area contributed by atoms with Gasteiger partial charge in [0.25, 0.3) is 0 Å². The summed E-state index contributed by atoms with van der Waals surface area (Å²) < 4.78 is 10.9. The molecule has 0 aliphatic rings. The first-order valence-electron chi connectivity index (χ1n) is 8.13. The molecule has 1 aromatic carbocycles. The second kappa shape index (κ2) is 11.6.